The van der Waals surface area contributed by atoms with E-state index in [1.807, 2.05) is 0 Å². The monoisotopic (exact) mass is 212 g/mol. The summed E-state index contributed by atoms with van der Waals surface area (Å²) in [4.78, 5) is 0. The van der Waals surface area contributed by atoms with Crippen LogP contribution in [-0.4, -0.2) is 23.9 Å². The van der Waals surface area contributed by atoms with E-state index in [4.69, 9.17) is 9.84 Å². The predicted molar refractivity (Wildman–Crippen MR) is 63.7 cm³/mol. The van der Waals surface area contributed by atoms with Crippen molar-refractivity contribution in [2.24, 2.45) is 0 Å². The summed E-state index contributed by atoms with van der Waals surface area (Å²) in [6.07, 6.45) is 5.57. The van der Waals surface area contributed by atoms with Crippen LogP contribution in [0.1, 0.15) is 52.9 Å². The lowest BCUT2D eigenvalue weighted by Crippen LogP contribution is -2.19. The van der Waals surface area contributed by atoms with Gasteiger partial charge in [0.15, 0.2) is 0 Å². The molecule has 0 saturated heterocycles. The maximum absolute atomic E-state index is 8.42. The van der Waals surface area contributed by atoms with Crippen molar-refractivity contribution in [2.75, 3.05) is 13.2 Å². The average molecular weight is 212 g/mol. The summed E-state index contributed by atoms with van der Waals surface area (Å²) >= 11 is 0. The summed E-state index contributed by atoms with van der Waals surface area (Å²) < 4.78 is 5.61. The number of unbranched alkanes of at least 4 members (excludes halogenated alkanes) is 4. The Morgan fingerprint density at radius 1 is 1.00 bits per heavy atom. The standard InChI is InChI=1S/C13H24O2/c1-13(2,3)15-12-10-8-6-4-5-7-9-11-14/h14H,4-6,8,10-12H2,1-3H3. The van der Waals surface area contributed by atoms with Crippen LogP contribution < -0.4 is 0 Å². The number of rotatable bonds is 6. The van der Waals surface area contributed by atoms with Gasteiger partial charge < -0.3 is 9.84 Å². The minimum atomic E-state index is -0.0145. The van der Waals surface area contributed by atoms with E-state index >= 15 is 0 Å². The molecule has 0 aliphatic heterocycles. The first-order chi connectivity index (χ1) is 7.06. The Kier molecular flexibility index (Phi) is 8.46. The molecule has 0 spiro atoms. The molecule has 0 saturated carbocycles. The highest BCUT2D eigenvalue weighted by atomic mass is 16.5. The number of ether oxygens (including phenoxy) is 1. The van der Waals surface area contributed by atoms with E-state index in [0.717, 1.165) is 25.9 Å². The zero-order valence-corrected chi connectivity index (χ0v) is 10.3. The summed E-state index contributed by atoms with van der Waals surface area (Å²) in [7, 11) is 0. The molecule has 0 atom stereocenters. The van der Waals surface area contributed by atoms with Crippen molar-refractivity contribution in [3.05, 3.63) is 0 Å². The second kappa shape index (κ2) is 8.76. The molecule has 0 amide bonds. The Labute approximate surface area is 94.0 Å². The van der Waals surface area contributed by atoms with Crippen LogP contribution in [0.4, 0.5) is 0 Å². The third-order valence-corrected chi connectivity index (χ3v) is 1.94. The molecule has 0 aliphatic carbocycles. The summed E-state index contributed by atoms with van der Waals surface area (Å²) in [5.41, 5.74) is -0.00734. The van der Waals surface area contributed by atoms with Crippen molar-refractivity contribution >= 4 is 0 Å². The lowest BCUT2D eigenvalue weighted by atomic mass is 10.1. The zero-order valence-electron chi connectivity index (χ0n) is 10.3. The Morgan fingerprint density at radius 2 is 1.67 bits per heavy atom. The van der Waals surface area contributed by atoms with Gasteiger partial charge in [-0.15, -0.1) is 5.92 Å². The molecule has 88 valence electrons. The van der Waals surface area contributed by atoms with Crippen LogP contribution in [-0.2, 0) is 4.74 Å². The van der Waals surface area contributed by atoms with Gasteiger partial charge in [-0.3, -0.25) is 0 Å². The lowest BCUT2D eigenvalue weighted by molar-refractivity contribution is -0.00472. The summed E-state index contributed by atoms with van der Waals surface area (Å²) in [5.74, 6) is 5.57. The first kappa shape index (κ1) is 14.5. The van der Waals surface area contributed by atoms with Gasteiger partial charge in [-0.2, -0.15) is 0 Å². The van der Waals surface area contributed by atoms with Gasteiger partial charge in [0.05, 0.1) is 5.60 Å². The molecular formula is C13H24O2. The second-order valence-corrected chi connectivity index (χ2v) is 4.64. The van der Waals surface area contributed by atoms with Gasteiger partial charge in [-0.05, 0) is 33.6 Å². The zero-order chi connectivity index (χ0) is 11.6. The summed E-state index contributed by atoms with van der Waals surface area (Å²) in [5, 5.41) is 8.42. The highest BCUT2D eigenvalue weighted by Gasteiger charge is 2.08. The smallest absolute Gasteiger partial charge is 0.104 e. The molecule has 0 heterocycles. The van der Waals surface area contributed by atoms with Gasteiger partial charge in [-0.1, -0.05) is 18.8 Å². The van der Waals surface area contributed by atoms with Crippen molar-refractivity contribution in [1.29, 1.82) is 0 Å². The van der Waals surface area contributed by atoms with Crippen molar-refractivity contribution in [3.8, 4) is 11.8 Å². The molecule has 0 aromatic heterocycles. The van der Waals surface area contributed by atoms with Gasteiger partial charge in [0.1, 0.15) is 6.61 Å². The quantitative estimate of drug-likeness (QED) is 0.542. The molecule has 0 aliphatic rings. The van der Waals surface area contributed by atoms with E-state index in [1.54, 1.807) is 0 Å². The Morgan fingerprint density at radius 3 is 2.27 bits per heavy atom. The number of aliphatic hydroxyl groups is 1. The van der Waals surface area contributed by atoms with E-state index in [0.29, 0.717) is 0 Å². The van der Waals surface area contributed by atoms with Gasteiger partial charge in [-0.25, -0.2) is 0 Å². The summed E-state index contributed by atoms with van der Waals surface area (Å²) in [6, 6.07) is 0. The Bertz CT molecular complexity index is 193. The fraction of sp³-hybridized carbons (Fsp3) is 0.846. The third-order valence-electron chi connectivity index (χ3n) is 1.94. The average Bonchev–Trinajstić information content (AvgIpc) is 2.14. The van der Waals surface area contributed by atoms with Crippen molar-refractivity contribution in [1.82, 2.24) is 0 Å². The van der Waals surface area contributed by atoms with Crippen molar-refractivity contribution in [3.63, 3.8) is 0 Å². The molecule has 0 radical (unpaired) electrons. The lowest BCUT2D eigenvalue weighted by Gasteiger charge is -2.19. The molecule has 1 N–H and O–H groups in total. The van der Waals surface area contributed by atoms with E-state index in [1.165, 1.54) is 12.8 Å². The SMILES string of the molecule is CC(C)(C)OCCCCCCC#CCO. The first-order valence-corrected chi connectivity index (χ1v) is 5.77. The van der Waals surface area contributed by atoms with Gasteiger partial charge in [0.25, 0.3) is 0 Å². The van der Waals surface area contributed by atoms with E-state index in [-0.39, 0.29) is 12.2 Å². The maximum Gasteiger partial charge on any atom is 0.104 e. The van der Waals surface area contributed by atoms with E-state index in [9.17, 15) is 0 Å². The fourth-order valence-electron chi connectivity index (χ4n) is 1.19. The highest BCUT2D eigenvalue weighted by molar-refractivity contribution is 4.98. The van der Waals surface area contributed by atoms with Gasteiger partial charge in [0, 0.05) is 13.0 Å². The van der Waals surface area contributed by atoms with Gasteiger partial charge in [0.2, 0.25) is 0 Å². The molecule has 0 aromatic rings. The minimum Gasteiger partial charge on any atom is -0.384 e. The topological polar surface area (TPSA) is 29.5 Å². The minimum absolute atomic E-state index is 0.00734. The molecule has 0 bridgehead atoms. The molecular weight excluding hydrogens is 188 g/mol. The normalized spacial score (nSPS) is 10.9. The van der Waals surface area contributed by atoms with Crippen LogP contribution in [0.25, 0.3) is 0 Å². The molecule has 2 heteroatoms. The third kappa shape index (κ3) is 13.5. The molecule has 15 heavy (non-hydrogen) atoms. The maximum atomic E-state index is 8.42. The molecule has 2 nitrogen and oxygen atoms in total. The highest BCUT2D eigenvalue weighted by Crippen LogP contribution is 2.09. The largest absolute Gasteiger partial charge is 0.384 e. The van der Waals surface area contributed by atoms with Crippen LogP contribution in [0.2, 0.25) is 0 Å². The Hall–Kier alpha value is -0.520. The van der Waals surface area contributed by atoms with Crippen LogP contribution in [0.3, 0.4) is 0 Å². The molecule has 0 fully saturated rings. The van der Waals surface area contributed by atoms with Crippen molar-refractivity contribution in [2.45, 2.75) is 58.5 Å². The fourth-order valence-corrected chi connectivity index (χ4v) is 1.19. The van der Waals surface area contributed by atoms with Crippen molar-refractivity contribution < 1.29 is 9.84 Å². The molecule has 0 unspecified atom stereocenters. The number of hydrogen-bond donors (Lipinski definition) is 1. The van der Waals surface area contributed by atoms with Crippen LogP contribution in [0.15, 0.2) is 0 Å². The second-order valence-electron chi connectivity index (χ2n) is 4.64. The van der Waals surface area contributed by atoms with Crippen LogP contribution in [0, 0.1) is 11.8 Å². The van der Waals surface area contributed by atoms with E-state index in [2.05, 4.69) is 32.6 Å². The predicted octanol–water partition coefficient (Wildman–Crippen LogP) is 2.75. The molecule has 0 rings (SSSR count). The van der Waals surface area contributed by atoms with Crippen LogP contribution >= 0.6 is 0 Å². The number of hydrogen-bond acceptors (Lipinski definition) is 2. The first-order valence-electron chi connectivity index (χ1n) is 5.77. The number of aliphatic hydroxyl groups excluding tert-OH is 1. The summed E-state index contributed by atoms with van der Waals surface area (Å²) in [6.45, 7) is 7.08. The molecule has 0 aromatic carbocycles. The van der Waals surface area contributed by atoms with E-state index < -0.39 is 0 Å². The Balaban J connectivity index is 3.12. The van der Waals surface area contributed by atoms with Crippen LogP contribution in [0.5, 0.6) is 0 Å². The van der Waals surface area contributed by atoms with Gasteiger partial charge >= 0.3 is 0 Å².